The molecule has 0 radical (unpaired) electrons. The topological polar surface area (TPSA) is 232 Å². The average Bonchev–Trinajstić information content (AvgIpc) is 3.79. The molecule has 0 aliphatic carbocycles. The summed E-state index contributed by atoms with van der Waals surface area (Å²) >= 11 is 7.41. The normalized spacial score (nSPS) is 19.8. The van der Waals surface area contributed by atoms with Gasteiger partial charge in [0.15, 0.2) is 17.2 Å². The molecular formula is C50H51ClN6O11S2. The molecule has 20 heteroatoms. The first-order chi connectivity index (χ1) is 33.4. The van der Waals surface area contributed by atoms with Crippen molar-refractivity contribution in [3.05, 3.63) is 105 Å². The largest absolute Gasteiger partial charge is 0.479 e. The number of anilines is 3. The first kappa shape index (κ1) is 48.6. The van der Waals surface area contributed by atoms with E-state index in [0.29, 0.717) is 64.6 Å². The quantitative estimate of drug-likeness (QED) is 0.0657. The summed E-state index contributed by atoms with van der Waals surface area (Å²) < 4.78 is 34.9. The van der Waals surface area contributed by atoms with Crippen LogP contribution < -0.4 is 25.6 Å². The van der Waals surface area contributed by atoms with Gasteiger partial charge in [-0.05, 0) is 123 Å². The third-order valence-electron chi connectivity index (χ3n) is 13.5. The number of aromatic carboxylic acids is 1. The van der Waals surface area contributed by atoms with Crippen LogP contribution in [-0.2, 0) is 35.0 Å². The van der Waals surface area contributed by atoms with Crippen molar-refractivity contribution in [1.82, 2.24) is 14.5 Å². The Bertz CT molecular complexity index is 3080. The van der Waals surface area contributed by atoms with Gasteiger partial charge in [-0.15, -0.1) is 11.3 Å². The fraction of sp³-hybridized carbons (Fsp3) is 0.360. The number of carbonyl (C=O) groups is 6. The van der Waals surface area contributed by atoms with Crippen molar-refractivity contribution in [3.8, 4) is 16.2 Å². The second-order valence-corrected chi connectivity index (χ2v) is 22.1. The molecule has 4 aliphatic rings. The SMILES string of the molecule is CC1(C)C[C@@H](Nc2cccc(-c3sc(C(=O)O)c(OCC(=O)O)c3Cl)c2)CCN1S(=O)(=O)Cc1cccc(NC(=O)CN2CCC(c3ccc4c5c(cccc35)C(=O)N4C3CCC(=O)NC3=O)CC2)c1. The zero-order valence-corrected chi connectivity index (χ0v) is 40.7. The van der Waals surface area contributed by atoms with E-state index in [2.05, 4.69) is 20.9 Å². The van der Waals surface area contributed by atoms with Crippen LogP contribution in [0.3, 0.4) is 0 Å². The molecule has 4 aromatic carbocycles. The molecule has 0 bridgehead atoms. The maximum Gasteiger partial charge on any atom is 0.349 e. The zero-order valence-electron chi connectivity index (χ0n) is 38.3. The lowest BCUT2D eigenvalue weighted by Gasteiger charge is -2.45. The second kappa shape index (κ2) is 19.4. The van der Waals surface area contributed by atoms with Crippen molar-refractivity contribution in [3.63, 3.8) is 0 Å². The molecule has 4 amide bonds. The maximum atomic E-state index is 14.1. The van der Waals surface area contributed by atoms with Crippen molar-refractivity contribution in [2.24, 2.45) is 0 Å². The number of halogens is 1. The average molecular weight is 1010 g/mol. The predicted octanol–water partition coefficient (Wildman–Crippen LogP) is 7.15. The lowest BCUT2D eigenvalue weighted by atomic mass is 9.85. The third kappa shape index (κ3) is 9.85. The second-order valence-electron chi connectivity index (χ2n) is 18.8. The number of rotatable bonds is 15. The van der Waals surface area contributed by atoms with Crippen molar-refractivity contribution in [1.29, 1.82) is 0 Å². The first-order valence-electron chi connectivity index (χ1n) is 23.0. The molecule has 5 N–H and O–H groups in total. The van der Waals surface area contributed by atoms with Gasteiger partial charge in [0.2, 0.25) is 27.7 Å². The number of piperidine rings is 3. The van der Waals surface area contributed by atoms with Gasteiger partial charge in [0.05, 0.1) is 22.9 Å². The molecule has 9 rings (SSSR count). The number of carbonyl (C=O) groups excluding carboxylic acids is 4. The highest BCUT2D eigenvalue weighted by Gasteiger charge is 2.43. The molecule has 5 heterocycles. The molecule has 1 aromatic heterocycles. The van der Waals surface area contributed by atoms with Crippen molar-refractivity contribution < 1.29 is 52.1 Å². The van der Waals surface area contributed by atoms with Gasteiger partial charge in [0.25, 0.3) is 5.91 Å². The van der Waals surface area contributed by atoms with Crippen molar-refractivity contribution in [2.45, 2.75) is 81.7 Å². The van der Waals surface area contributed by atoms with Gasteiger partial charge in [-0.2, -0.15) is 4.31 Å². The number of nitrogens with one attached hydrogen (secondary N) is 3. The summed E-state index contributed by atoms with van der Waals surface area (Å²) in [4.78, 5) is 78.5. The number of benzene rings is 4. The number of carboxylic acids is 2. The zero-order chi connectivity index (χ0) is 49.6. The number of nitrogens with zero attached hydrogens (tertiary/aromatic N) is 3. The van der Waals surface area contributed by atoms with Crippen LogP contribution in [0.1, 0.15) is 89.4 Å². The molecule has 17 nitrogen and oxygen atoms in total. The fourth-order valence-corrected chi connectivity index (χ4v) is 13.8. The van der Waals surface area contributed by atoms with Crippen LogP contribution in [0.4, 0.5) is 17.1 Å². The van der Waals surface area contributed by atoms with Crippen LogP contribution in [0.5, 0.6) is 5.75 Å². The molecule has 0 spiro atoms. The number of sulfonamides is 1. The Kier molecular flexibility index (Phi) is 13.5. The molecule has 70 heavy (non-hydrogen) atoms. The molecule has 1 unspecified atom stereocenters. The number of likely N-dealkylation sites (tertiary alicyclic amines) is 1. The summed E-state index contributed by atoms with van der Waals surface area (Å²) in [7, 11) is -3.80. The van der Waals surface area contributed by atoms with E-state index in [0.717, 1.165) is 40.5 Å². The van der Waals surface area contributed by atoms with Gasteiger partial charge < -0.3 is 25.6 Å². The minimum absolute atomic E-state index is 0.00149. The Balaban J connectivity index is 0.782. The summed E-state index contributed by atoms with van der Waals surface area (Å²) in [6.45, 7) is 4.78. The van der Waals surface area contributed by atoms with Crippen molar-refractivity contribution in [2.75, 3.05) is 48.3 Å². The third-order valence-corrected chi connectivity index (χ3v) is 17.2. The van der Waals surface area contributed by atoms with E-state index < -0.39 is 46.1 Å². The number of hydrogen-bond acceptors (Lipinski definition) is 12. The fourth-order valence-electron chi connectivity index (χ4n) is 10.4. The van der Waals surface area contributed by atoms with Gasteiger partial charge in [-0.25, -0.2) is 18.0 Å². The van der Waals surface area contributed by atoms with E-state index in [1.54, 1.807) is 52.8 Å². The molecule has 5 aromatic rings. The summed E-state index contributed by atoms with van der Waals surface area (Å²) in [5.74, 6) is -4.11. The van der Waals surface area contributed by atoms with Gasteiger partial charge in [-0.1, -0.05) is 54.1 Å². The monoisotopic (exact) mass is 1010 g/mol. The van der Waals surface area contributed by atoms with Crippen LogP contribution in [0.2, 0.25) is 5.02 Å². The molecule has 3 fully saturated rings. The Morgan fingerprint density at radius 3 is 2.39 bits per heavy atom. The van der Waals surface area contributed by atoms with Gasteiger partial charge in [0.1, 0.15) is 11.1 Å². The van der Waals surface area contributed by atoms with E-state index in [1.807, 2.05) is 44.2 Å². The highest BCUT2D eigenvalue weighted by molar-refractivity contribution is 7.88. The van der Waals surface area contributed by atoms with Crippen LogP contribution in [-0.4, -0.2) is 114 Å². The Hall–Kier alpha value is -6.38. The number of imide groups is 1. The molecule has 2 atom stereocenters. The van der Waals surface area contributed by atoms with Gasteiger partial charge in [0, 0.05) is 46.9 Å². The summed E-state index contributed by atoms with van der Waals surface area (Å²) in [6, 6.07) is 22.8. The van der Waals surface area contributed by atoms with E-state index in [-0.39, 0.29) is 77.0 Å². The van der Waals surface area contributed by atoms with Crippen molar-refractivity contribution >= 4 is 96.4 Å². The maximum absolute atomic E-state index is 14.1. The highest BCUT2D eigenvalue weighted by Crippen LogP contribution is 2.47. The number of thiophene rings is 1. The standard InChI is InChI=1S/C50H51ClN6O11S2/c1-50(2)24-33(52-32-9-4-7-30(23-32)45-43(51)44(68-26-41(60)61)46(69-45)49(64)65)18-21-56(50)70(66,67)27-28-6-3-8-31(22-28)53-40(59)25-55-19-16-29(17-20-55)34-12-13-37-42-35(34)10-5-11-36(42)48(63)57(37)38-14-15-39(58)54-47(38)62/h3-13,22-23,29,33,38,52H,14-21,24-27H2,1-2H3,(H,53,59)(H,60,61)(H,64,65)(H,54,58,62)/t33-,38?/m0/s1. The van der Waals surface area contributed by atoms with Crippen LogP contribution >= 0.6 is 22.9 Å². The van der Waals surface area contributed by atoms with Crippen LogP contribution in [0.15, 0.2) is 78.9 Å². The molecule has 0 saturated carbocycles. The highest BCUT2D eigenvalue weighted by atomic mass is 35.5. The minimum Gasteiger partial charge on any atom is -0.479 e. The Morgan fingerprint density at radius 1 is 0.914 bits per heavy atom. The number of carboxylic acid groups (broad SMARTS) is 2. The number of ether oxygens (including phenoxy) is 1. The molecule has 4 aliphatic heterocycles. The lowest BCUT2D eigenvalue weighted by molar-refractivity contribution is -0.139. The minimum atomic E-state index is -3.80. The summed E-state index contributed by atoms with van der Waals surface area (Å²) in [5, 5.41) is 29.4. The predicted molar refractivity (Wildman–Crippen MR) is 265 cm³/mol. The number of hydrogen-bond donors (Lipinski definition) is 5. The Labute approximate surface area is 412 Å². The van der Waals surface area contributed by atoms with Gasteiger partial charge in [-0.3, -0.25) is 34.3 Å². The number of aliphatic carboxylic acids is 1. The van der Waals surface area contributed by atoms with Crippen LogP contribution in [0.25, 0.3) is 21.2 Å². The molecular weight excluding hydrogens is 960 g/mol. The summed E-state index contributed by atoms with van der Waals surface area (Å²) in [6.07, 6.45) is 3.00. The van der Waals surface area contributed by atoms with E-state index in [1.165, 1.54) is 4.90 Å². The first-order valence-corrected chi connectivity index (χ1v) is 25.8. The molecule has 366 valence electrons. The number of amides is 4. The summed E-state index contributed by atoms with van der Waals surface area (Å²) in [5.41, 5.74) is 3.92. The van der Waals surface area contributed by atoms with Gasteiger partial charge >= 0.3 is 11.9 Å². The smallest absolute Gasteiger partial charge is 0.349 e. The lowest BCUT2D eigenvalue weighted by Crippen LogP contribution is -2.55. The van der Waals surface area contributed by atoms with E-state index in [9.17, 15) is 42.3 Å². The molecule has 3 saturated heterocycles. The van der Waals surface area contributed by atoms with E-state index in [4.69, 9.17) is 21.4 Å². The van der Waals surface area contributed by atoms with Crippen LogP contribution in [0, 0.1) is 0 Å². The Morgan fingerprint density at radius 2 is 1.66 bits per heavy atom. The van der Waals surface area contributed by atoms with E-state index >= 15 is 0 Å².